The van der Waals surface area contributed by atoms with Crippen molar-refractivity contribution in [2.24, 2.45) is 0 Å². The minimum absolute atomic E-state index is 0.177. The normalized spacial score (nSPS) is 15.3. The van der Waals surface area contributed by atoms with Gasteiger partial charge in [0, 0.05) is 42.7 Å². The van der Waals surface area contributed by atoms with Crippen LogP contribution in [0.15, 0.2) is 66.4 Å². The van der Waals surface area contributed by atoms with Crippen LogP contribution in [0.1, 0.15) is 23.4 Å². The Morgan fingerprint density at radius 2 is 1.73 bits per heavy atom. The quantitative estimate of drug-likeness (QED) is 0.465. The lowest BCUT2D eigenvalue weighted by Crippen LogP contribution is -2.42. The second-order valence-corrected chi connectivity index (χ2v) is 8.99. The molecule has 0 saturated carbocycles. The number of nitrogens with zero attached hydrogens (tertiary/aromatic N) is 4. The first-order valence-corrected chi connectivity index (χ1v) is 11.7. The number of hydrogen-bond donors (Lipinski definition) is 1. The van der Waals surface area contributed by atoms with E-state index in [-0.39, 0.29) is 11.7 Å². The van der Waals surface area contributed by atoms with E-state index in [9.17, 15) is 4.79 Å². The van der Waals surface area contributed by atoms with Gasteiger partial charge in [-0.3, -0.25) is 9.78 Å². The second kappa shape index (κ2) is 9.17. The Balaban J connectivity index is 1.40. The fourth-order valence-corrected chi connectivity index (χ4v) is 5.03. The van der Waals surface area contributed by atoms with Gasteiger partial charge in [0.25, 0.3) is 0 Å². The Hall–Kier alpha value is -3.49. The zero-order chi connectivity index (χ0) is 22.7. The van der Waals surface area contributed by atoms with Crippen molar-refractivity contribution in [2.45, 2.75) is 24.7 Å². The fraction of sp³-hybridized carbons (Fsp3) is 0.240. The third-order valence-electron chi connectivity index (χ3n) is 6.11. The van der Waals surface area contributed by atoms with E-state index < -0.39 is 5.41 Å². The summed E-state index contributed by atoms with van der Waals surface area (Å²) in [6, 6.07) is 13.8. The van der Waals surface area contributed by atoms with Gasteiger partial charge in [0.1, 0.15) is 10.8 Å². The van der Waals surface area contributed by atoms with Gasteiger partial charge in [-0.05, 0) is 36.1 Å². The molecule has 4 aromatic rings. The summed E-state index contributed by atoms with van der Waals surface area (Å²) in [5.74, 6) is 0.423. The van der Waals surface area contributed by atoms with Gasteiger partial charge in [0.2, 0.25) is 5.95 Å². The molecule has 3 aromatic heterocycles. The van der Waals surface area contributed by atoms with Crippen LogP contribution in [0, 0.1) is 0 Å². The van der Waals surface area contributed by atoms with E-state index in [0.29, 0.717) is 32.5 Å². The lowest BCUT2D eigenvalue weighted by atomic mass is 9.70. The molecule has 5 rings (SSSR count). The van der Waals surface area contributed by atoms with Gasteiger partial charge in [-0.1, -0.05) is 30.3 Å². The van der Waals surface area contributed by atoms with Gasteiger partial charge in [-0.15, -0.1) is 11.3 Å². The number of ether oxygens (including phenoxy) is 1. The monoisotopic (exact) mass is 457 g/mol. The zero-order valence-corrected chi connectivity index (χ0v) is 18.8. The molecule has 1 fully saturated rings. The summed E-state index contributed by atoms with van der Waals surface area (Å²) in [4.78, 5) is 30.9. The molecule has 0 aliphatic carbocycles. The van der Waals surface area contributed by atoms with Crippen molar-refractivity contribution in [3.8, 4) is 22.5 Å². The average molecular weight is 458 g/mol. The predicted octanol–water partition coefficient (Wildman–Crippen LogP) is 4.10. The molecule has 2 N–H and O–H groups in total. The molecule has 1 aromatic carbocycles. The maximum Gasteiger partial charge on any atom is 0.219 e. The molecule has 8 heteroatoms. The van der Waals surface area contributed by atoms with Crippen LogP contribution in [0.25, 0.3) is 22.5 Å². The minimum atomic E-state index is -0.578. The standard InChI is InChI=1S/C25H23N5O2S/c26-24-28-14-18(15-29-24)17-4-6-19(7-5-17)25(8-11-32-12-9-25)22(31)13-23-30-21(16-33-23)20-3-1-2-10-27-20/h1-7,10,14-16H,8-9,11-13H2,(H2,26,28,29). The second-order valence-electron chi connectivity index (χ2n) is 8.04. The first-order valence-electron chi connectivity index (χ1n) is 10.8. The molecule has 166 valence electrons. The third kappa shape index (κ3) is 4.40. The molecular weight excluding hydrogens is 434 g/mol. The molecule has 1 saturated heterocycles. The number of nitrogen functional groups attached to an aromatic ring is 1. The van der Waals surface area contributed by atoms with Gasteiger partial charge in [0.05, 0.1) is 23.2 Å². The molecule has 4 heterocycles. The minimum Gasteiger partial charge on any atom is -0.381 e. The van der Waals surface area contributed by atoms with E-state index in [4.69, 9.17) is 10.5 Å². The van der Waals surface area contributed by atoms with Gasteiger partial charge in [-0.25, -0.2) is 15.0 Å². The van der Waals surface area contributed by atoms with Crippen LogP contribution in [0.4, 0.5) is 5.95 Å². The van der Waals surface area contributed by atoms with Crippen LogP contribution in [0.5, 0.6) is 0 Å². The van der Waals surface area contributed by atoms with E-state index in [0.717, 1.165) is 33.1 Å². The average Bonchev–Trinajstić information content (AvgIpc) is 3.34. The Kier molecular flexibility index (Phi) is 5.93. The van der Waals surface area contributed by atoms with Crippen LogP contribution in [-0.4, -0.2) is 38.9 Å². The Morgan fingerprint density at radius 1 is 0.970 bits per heavy atom. The Labute approximate surface area is 195 Å². The van der Waals surface area contributed by atoms with Gasteiger partial charge in [-0.2, -0.15) is 0 Å². The van der Waals surface area contributed by atoms with Crippen molar-refractivity contribution in [2.75, 3.05) is 18.9 Å². The van der Waals surface area contributed by atoms with Crippen molar-refractivity contribution in [3.63, 3.8) is 0 Å². The largest absolute Gasteiger partial charge is 0.381 e. The summed E-state index contributed by atoms with van der Waals surface area (Å²) < 4.78 is 5.61. The number of ketones is 1. The third-order valence-corrected chi connectivity index (χ3v) is 6.96. The number of anilines is 1. The van der Waals surface area contributed by atoms with Crippen molar-refractivity contribution in [3.05, 3.63) is 77.0 Å². The Morgan fingerprint density at radius 3 is 2.42 bits per heavy atom. The molecule has 0 amide bonds. The Bertz CT molecular complexity index is 1230. The SMILES string of the molecule is Nc1ncc(-c2ccc(C3(C(=O)Cc4nc(-c5ccccn5)cs4)CCOCC3)cc2)cn1. The van der Waals surface area contributed by atoms with E-state index in [2.05, 4.69) is 19.9 Å². The number of benzene rings is 1. The number of carbonyl (C=O) groups is 1. The lowest BCUT2D eigenvalue weighted by molar-refractivity contribution is -0.127. The van der Waals surface area contributed by atoms with Crippen LogP contribution >= 0.6 is 11.3 Å². The number of aromatic nitrogens is 4. The number of carbonyl (C=O) groups excluding carboxylic acids is 1. The topological polar surface area (TPSA) is 104 Å². The molecular formula is C25H23N5O2S. The molecule has 0 spiro atoms. The summed E-state index contributed by atoms with van der Waals surface area (Å²) in [5.41, 5.74) is 9.51. The smallest absolute Gasteiger partial charge is 0.219 e. The van der Waals surface area contributed by atoms with Crippen molar-refractivity contribution in [1.29, 1.82) is 0 Å². The molecule has 7 nitrogen and oxygen atoms in total. The van der Waals surface area contributed by atoms with E-state index in [1.807, 2.05) is 47.8 Å². The molecule has 0 radical (unpaired) electrons. The number of nitrogens with two attached hydrogens (primary N) is 1. The van der Waals surface area contributed by atoms with Gasteiger partial charge in [0.15, 0.2) is 0 Å². The van der Waals surface area contributed by atoms with E-state index >= 15 is 0 Å². The first kappa shape index (κ1) is 21.4. The summed E-state index contributed by atoms with van der Waals surface area (Å²) in [6.07, 6.45) is 6.77. The number of hydrogen-bond acceptors (Lipinski definition) is 8. The molecule has 1 aliphatic heterocycles. The summed E-state index contributed by atoms with van der Waals surface area (Å²) >= 11 is 1.50. The highest BCUT2D eigenvalue weighted by Gasteiger charge is 2.41. The maximum atomic E-state index is 13.7. The maximum absolute atomic E-state index is 13.7. The molecule has 0 unspecified atom stereocenters. The van der Waals surface area contributed by atoms with Crippen LogP contribution in [0.3, 0.4) is 0 Å². The van der Waals surface area contributed by atoms with Gasteiger partial charge < -0.3 is 10.5 Å². The van der Waals surface area contributed by atoms with Crippen LogP contribution in [0.2, 0.25) is 0 Å². The highest BCUT2D eigenvalue weighted by Crippen LogP contribution is 2.38. The predicted molar refractivity (Wildman–Crippen MR) is 128 cm³/mol. The molecule has 1 aliphatic rings. The number of rotatable bonds is 6. The van der Waals surface area contributed by atoms with Crippen molar-refractivity contribution < 1.29 is 9.53 Å². The number of Topliss-reactive ketones (excluding diaryl/α,β-unsaturated/α-hetero) is 1. The summed E-state index contributed by atoms with van der Waals surface area (Å²) in [5, 5.41) is 2.77. The molecule has 33 heavy (non-hydrogen) atoms. The van der Waals surface area contributed by atoms with Crippen molar-refractivity contribution >= 4 is 23.1 Å². The number of thiazole rings is 1. The van der Waals surface area contributed by atoms with E-state index in [1.165, 1.54) is 11.3 Å². The highest BCUT2D eigenvalue weighted by molar-refractivity contribution is 7.10. The first-order chi connectivity index (χ1) is 16.1. The molecule has 0 bridgehead atoms. The van der Waals surface area contributed by atoms with E-state index in [1.54, 1.807) is 18.6 Å². The van der Waals surface area contributed by atoms with Crippen LogP contribution in [-0.2, 0) is 21.4 Å². The summed E-state index contributed by atoms with van der Waals surface area (Å²) in [6.45, 7) is 1.13. The number of pyridine rings is 1. The van der Waals surface area contributed by atoms with Crippen molar-refractivity contribution in [1.82, 2.24) is 19.9 Å². The van der Waals surface area contributed by atoms with Gasteiger partial charge >= 0.3 is 0 Å². The lowest BCUT2D eigenvalue weighted by Gasteiger charge is -2.36. The fourth-order valence-electron chi connectivity index (χ4n) is 4.25. The highest BCUT2D eigenvalue weighted by atomic mass is 32.1. The molecule has 0 atom stereocenters. The van der Waals surface area contributed by atoms with Crippen LogP contribution < -0.4 is 5.73 Å². The zero-order valence-electron chi connectivity index (χ0n) is 18.0. The summed E-state index contributed by atoms with van der Waals surface area (Å²) in [7, 11) is 0.